The van der Waals surface area contributed by atoms with Crippen LogP contribution in [-0.4, -0.2) is 24.7 Å². The smallest absolute Gasteiger partial charge is 0.251 e. The molecule has 1 aliphatic heterocycles. The van der Waals surface area contributed by atoms with Crippen molar-refractivity contribution in [3.63, 3.8) is 0 Å². The second-order valence-corrected chi connectivity index (χ2v) is 5.07. The summed E-state index contributed by atoms with van der Waals surface area (Å²) in [5.41, 5.74) is 1.69. The van der Waals surface area contributed by atoms with E-state index in [1.165, 1.54) is 6.42 Å². The third kappa shape index (κ3) is 2.49. The molecule has 0 saturated carbocycles. The Hall–Kier alpha value is -1.81. The SMILES string of the molecule is COc1ccc2cc(CC3CCCN3)c(=O)[nH]c2c1. The first-order valence-corrected chi connectivity index (χ1v) is 6.69. The van der Waals surface area contributed by atoms with Crippen molar-refractivity contribution in [2.24, 2.45) is 0 Å². The van der Waals surface area contributed by atoms with Crippen LogP contribution in [0.5, 0.6) is 5.75 Å². The zero-order chi connectivity index (χ0) is 13.2. The Kier molecular flexibility index (Phi) is 3.25. The van der Waals surface area contributed by atoms with Gasteiger partial charge in [0, 0.05) is 17.7 Å². The van der Waals surface area contributed by atoms with Crippen LogP contribution in [0.25, 0.3) is 10.9 Å². The van der Waals surface area contributed by atoms with Crippen molar-refractivity contribution in [3.05, 3.63) is 40.2 Å². The number of methoxy groups -OCH3 is 1. The van der Waals surface area contributed by atoms with Crippen LogP contribution >= 0.6 is 0 Å². The number of pyridine rings is 1. The fourth-order valence-corrected chi connectivity index (χ4v) is 2.70. The number of benzene rings is 1. The lowest BCUT2D eigenvalue weighted by molar-refractivity contribution is 0.415. The molecule has 100 valence electrons. The molecule has 3 rings (SSSR count). The van der Waals surface area contributed by atoms with Crippen LogP contribution in [0.4, 0.5) is 0 Å². The van der Waals surface area contributed by atoms with Gasteiger partial charge in [0.1, 0.15) is 5.75 Å². The minimum atomic E-state index is 0.00875. The molecule has 1 saturated heterocycles. The molecule has 1 aromatic heterocycles. The van der Waals surface area contributed by atoms with E-state index in [0.29, 0.717) is 6.04 Å². The summed E-state index contributed by atoms with van der Waals surface area (Å²) < 4.78 is 5.17. The predicted molar refractivity (Wildman–Crippen MR) is 75.8 cm³/mol. The monoisotopic (exact) mass is 258 g/mol. The van der Waals surface area contributed by atoms with Gasteiger partial charge < -0.3 is 15.0 Å². The van der Waals surface area contributed by atoms with Gasteiger partial charge in [-0.15, -0.1) is 0 Å². The number of aromatic nitrogens is 1. The third-order valence-electron chi connectivity index (χ3n) is 3.76. The van der Waals surface area contributed by atoms with E-state index in [0.717, 1.165) is 41.6 Å². The van der Waals surface area contributed by atoms with Gasteiger partial charge in [-0.25, -0.2) is 0 Å². The van der Waals surface area contributed by atoms with E-state index in [9.17, 15) is 4.79 Å². The number of fused-ring (bicyclic) bond motifs is 1. The highest BCUT2D eigenvalue weighted by molar-refractivity contribution is 5.80. The van der Waals surface area contributed by atoms with Crippen LogP contribution in [-0.2, 0) is 6.42 Å². The minimum absolute atomic E-state index is 0.00875. The molecule has 0 bridgehead atoms. The fourth-order valence-electron chi connectivity index (χ4n) is 2.70. The van der Waals surface area contributed by atoms with Crippen molar-refractivity contribution in [1.29, 1.82) is 0 Å². The van der Waals surface area contributed by atoms with Gasteiger partial charge in [-0.1, -0.05) is 0 Å². The third-order valence-corrected chi connectivity index (χ3v) is 3.76. The second kappa shape index (κ2) is 5.05. The summed E-state index contributed by atoms with van der Waals surface area (Å²) in [5.74, 6) is 0.758. The first-order valence-electron chi connectivity index (χ1n) is 6.69. The summed E-state index contributed by atoms with van der Waals surface area (Å²) in [6.45, 7) is 1.06. The Balaban J connectivity index is 1.97. The lowest BCUT2D eigenvalue weighted by Crippen LogP contribution is -2.27. The number of rotatable bonds is 3. The highest BCUT2D eigenvalue weighted by Gasteiger charge is 2.16. The second-order valence-electron chi connectivity index (χ2n) is 5.07. The van der Waals surface area contributed by atoms with Crippen LogP contribution in [0.15, 0.2) is 29.1 Å². The maximum Gasteiger partial charge on any atom is 0.251 e. The summed E-state index contributed by atoms with van der Waals surface area (Å²) in [6.07, 6.45) is 3.16. The molecule has 19 heavy (non-hydrogen) atoms. The number of ether oxygens (including phenoxy) is 1. The maximum absolute atomic E-state index is 12.1. The molecule has 2 aromatic rings. The van der Waals surface area contributed by atoms with Crippen LogP contribution in [0.3, 0.4) is 0 Å². The molecule has 1 aliphatic rings. The van der Waals surface area contributed by atoms with E-state index in [1.54, 1.807) is 7.11 Å². The number of hydrogen-bond donors (Lipinski definition) is 2. The molecule has 1 fully saturated rings. The molecule has 1 atom stereocenters. The quantitative estimate of drug-likeness (QED) is 0.883. The van der Waals surface area contributed by atoms with E-state index < -0.39 is 0 Å². The van der Waals surface area contributed by atoms with Crippen molar-refractivity contribution in [3.8, 4) is 5.75 Å². The van der Waals surface area contributed by atoms with Gasteiger partial charge in [-0.2, -0.15) is 0 Å². The van der Waals surface area contributed by atoms with Crippen molar-refractivity contribution < 1.29 is 4.74 Å². The molecule has 4 nitrogen and oxygen atoms in total. The standard InChI is InChI=1S/C15H18N2O2/c1-19-13-5-4-10-7-11(8-12-3-2-6-16-12)15(18)17-14(10)9-13/h4-5,7,9,12,16H,2-3,6,8H2,1H3,(H,17,18). The van der Waals surface area contributed by atoms with E-state index in [-0.39, 0.29) is 5.56 Å². The van der Waals surface area contributed by atoms with Crippen LogP contribution in [0, 0.1) is 0 Å². The van der Waals surface area contributed by atoms with Crippen molar-refractivity contribution in [2.45, 2.75) is 25.3 Å². The Morgan fingerprint density at radius 3 is 3.00 bits per heavy atom. The zero-order valence-corrected chi connectivity index (χ0v) is 11.0. The minimum Gasteiger partial charge on any atom is -0.497 e. The van der Waals surface area contributed by atoms with E-state index in [1.807, 2.05) is 24.3 Å². The van der Waals surface area contributed by atoms with Gasteiger partial charge in [0.2, 0.25) is 0 Å². The van der Waals surface area contributed by atoms with Gasteiger partial charge in [0.15, 0.2) is 0 Å². The average molecular weight is 258 g/mol. The molecule has 0 aliphatic carbocycles. The Morgan fingerprint density at radius 1 is 1.37 bits per heavy atom. The summed E-state index contributed by atoms with van der Waals surface area (Å²) in [4.78, 5) is 15.0. The molecule has 2 heterocycles. The summed E-state index contributed by atoms with van der Waals surface area (Å²) in [7, 11) is 1.62. The van der Waals surface area contributed by atoms with Gasteiger partial charge >= 0.3 is 0 Å². The summed E-state index contributed by atoms with van der Waals surface area (Å²) >= 11 is 0. The summed E-state index contributed by atoms with van der Waals surface area (Å²) in [5, 5.41) is 4.48. The molecular formula is C15H18N2O2. The van der Waals surface area contributed by atoms with Gasteiger partial charge in [0.25, 0.3) is 5.56 Å². The van der Waals surface area contributed by atoms with Crippen molar-refractivity contribution in [2.75, 3.05) is 13.7 Å². The normalized spacial score (nSPS) is 18.9. The molecular weight excluding hydrogens is 240 g/mol. The van der Waals surface area contributed by atoms with Crippen LogP contribution in [0.1, 0.15) is 18.4 Å². The van der Waals surface area contributed by atoms with Crippen LogP contribution in [0.2, 0.25) is 0 Å². The highest BCUT2D eigenvalue weighted by atomic mass is 16.5. The molecule has 0 radical (unpaired) electrons. The van der Waals surface area contributed by atoms with Crippen molar-refractivity contribution >= 4 is 10.9 Å². The largest absolute Gasteiger partial charge is 0.497 e. The van der Waals surface area contributed by atoms with Gasteiger partial charge in [-0.3, -0.25) is 4.79 Å². The maximum atomic E-state index is 12.1. The Labute approximate surface area is 111 Å². The number of nitrogens with one attached hydrogen (secondary N) is 2. The molecule has 0 spiro atoms. The first kappa shape index (κ1) is 12.2. The highest BCUT2D eigenvalue weighted by Crippen LogP contribution is 2.19. The van der Waals surface area contributed by atoms with Gasteiger partial charge in [-0.05, 0) is 49.4 Å². The van der Waals surface area contributed by atoms with Crippen LogP contribution < -0.4 is 15.6 Å². The lowest BCUT2D eigenvalue weighted by Gasteiger charge is -2.10. The van der Waals surface area contributed by atoms with E-state index in [2.05, 4.69) is 10.3 Å². The Morgan fingerprint density at radius 2 is 2.26 bits per heavy atom. The lowest BCUT2D eigenvalue weighted by atomic mass is 10.0. The fraction of sp³-hybridized carbons (Fsp3) is 0.400. The Bertz CT molecular complexity index is 642. The van der Waals surface area contributed by atoms with E-state index in [4.69, 9.17) is 4.74 Å². The number of H-pyrrole nitrogens is 1. The zero-order valence-electron chi connectivity index (χ0n) is 11.0. The van der Waals surface area contributed by atoms with Gasteiger partial charge in [0.05, 0.1) is 12.6 Å². The number of aromatic amines is 1. The molecule has 2 N–H and O–H groups in total. The molecule has 4 heteroatoms. The molecule has 1 unspecified atom stereocenters. The summed E-state index contributed by atoms with van der Waals surface area (Å²) in [6, 6.07) is 8.19. The topological polar surface area (TPSA) is 54.1 Å². The molecule has 0 amide bonds. The predicted octanol–water partition coefficient (Wildman–Crippen LogP) is 1.83. The molecule has 1 aromatic carbocycles. The van der Waals surface area contributed by atoms with Crippen molar-refractivity contribution in [1.82, 2.24) is 10.3 Å². The van der Waals surface area contributed by atoms with E-state index >= 15 is 0 Å². The first-order chi connectivity index (χ1) is 9.26. The number of hydrogen-bond acceptors (Lipinski definition) is 3. The average Bonchev–Trinajstić information content (AvgIpc) is 2.92.